The van der Waals surface area contributed by atoms with Crippen LogP contribution in [-0.2, 0) is 9.59 Å². The number of Topliss-reactive ketones (excluding diaryl/α,β-unsaturated/α-hetero) is 2. The second kappa shape index (κ2) is 7.73. The van der Waals surface area contributed by atoms with Gasteiger partial charge in [0.1, 0.15) is 11.8 Å². The minimum absolute atomic E-state index is 0.347. The van der Waals surface area contributed by atoms with Crippen LogP contribution >= 0.6 is 11.6 Å². The van der Waals surface area contributed by atoms with Gasteiger partial charge < -0.3 is 10.6 Å². The Kier molecular flexibility index (Phi) is 4.87. The van der Waals surface area contributed by atoms with Gasteiger partial charge in [0, 0.05) is 22.1 Å². The van der Waals surface area contributed by atoms with E-state index in [0.717, 1.165) is 0 Å². The lowest BCUT2D eigenvalue weighted by atomic mass is 9.68. The van der Waals surface area contributed by atoms with E-state index in [4.69, 9.17) is 11.6 Å². The number of amides is 2. The lowest BCUT2D eigenvalue weighted by Gasteiger charge is -2.35. The number of nitrogens with one attached hydrogen (secondary N) is 2. The number of hydrogen-bond donors (Lipinski definition) is 2. The molecule has 2 aliphatic heterocycles. The van der Waals surface area contributed by atoms with Gasteiger partial charge in [0.25, 0.3) is 0 Å². The molecule has 2 amide bonds. The van der Waals surface area contributed by atoms with Gasteiger partial charge in [0.15, 0.2) is 11.6 Å². The van der Waals surface area contributed by atoms with E-state index in [2.05, 4.69) is 10.6 Å². The summed E-state index contributed by atoms with van der Waals surface area (Å²) in [6, 6.07) is 19.9. The molecule has 2 N–H and O–H groups in total. The van der Waals surface area contributed by atoms with Crippen molar-refractivity contribution < 1.29 is 19.2 Å². The van der Waals surface area contributed by atoms with Crippen LogP contribution in [0.15, 0.2) is 72.8 Å². The maximum atomic E-state index is 13.5. The molecule has 7 heteroatoms. The number of halogens is 1. The molecule has 6 nitrogen and oxygen atoms in total. The van der Waals surface area contributed by atoms with Gasteiger partial charge in [-0.15, -0.1) is 0 Å². The maximum Gasteiger partial charge on any atom is 0.236 e. The molecular formula is C25H17ClN2O4. The first-order valence-corrected chi connectivity index (χ1v) is 10.5. The monoisotopic (exact) mass is 444 g/mol. The number of fused-ring (bicyclic) bond motifs is 2. The standard InChI is InChI=1S/C25H17ClN2O4/c26-14-11-9-13(10-12-14)19(20-22(29)15-5-1-3-7-17(15)27-24(20)31)21-23(30)16-6-2-4-8-18(16)28-25(21)32/h1-12,19-21H,(H,27,31)(H,28,32)/t20-,21-/m1/s1. The highest BCUT2D eigenvalue weighted by Gasteiger charge is 2.50. The van der Waals surface area contributed by atoms with Gasteiger partial charge in [-0.1, -0.05) is 48.0 Å². The molecule has 3 aromatic carbocycles. The van der Waals surface area contributed by atoms with Gasteiger partial charge in [-0.25, -0.2) is 0 Å². The average molecular weight is 445 g/mol. The number of para-hydroxylation sites is 2. The van der Waals surface area contributed by atoms with Crippen LogP contribution in [0.5, 0.6) is 0 Å². The zero-order valence-corrected chi connectivity index (χ0v) is 17.4. The molecule has 158 valence electrons. The molecule has 0 radical (unpaired) electrons. The number of ketones is 2. The van der Waals surface area contributed by atoms with E-state index in [1.54, 1.807) is 72.8 Å². The normalized spacial score (nSPS) is 19.8. The second-order valence-corrected chi connectivity index (χ2v) is 8.27. The number of hydrogen-bond acceptors (Lipinski definition) is 4. The number of anilines is 2. The van der Waals surface area contributed by atoms with Gasteiger partial charge in [0.05, 0.1) is 11.4 Å². The summed E-state index contributed by atoms with van der Waals surface area (Å²) < 4.78 is 0. The van der Waals surface area contributed by atoms with E-state index in [1.807, 2.05) is 0 Å². The van der Waals surface area contributed by atoms with Crippen molar-refractivity contribution in [2.24, 2.45) is 11.8 Å². The molecule has 0 fully saturated rings. The van der Waals surface area contributed by atoms with E-state index in [9.17, 15) is 19.2 Å². The largest absolute Gasteiger partial charge is 0.325 e. The Bertz CT molecular complexity index is 1210. The van der Waals surface area contributed by atoms with E-state index in [0.29, 0.717) is 33.1 Å². The third-order valence-electron chi connectivity index (χ3n) is 6.00. The fourth-order valence-electron chi connectivity index (χ4n) is 4.52. The minimum Gasteiger partial charge on any atom is -0.325 e. The molecule has 5 rings (SSSR count). The summed E-state index contributed by atoms with van der Waals surface area (Å²) in [6.07, 6.45) is 0. The zero-order valence-electron chi connectivity index (χ0n) is 16.7. The fraction of sp³-hybridized carbons (Fsp3) is 0.120. The van der Waals surface area contributed by atoms with Gasteiger partial charge >= 0.3 is 0 Å². The van der Waals surface area contributed by atoms with E-state index >= 15 is 0 Å². The highest BCUT2D eigenvalue weighted by atomic mass is 35.5. The van der Waals surface area contributed by atoms with Crippen molar-refractivity contribution >= 4 is 46.4 Å². The molecular weight excluding hydrogens is 428 g/mol. The third-order valence-corrected chi connectivity index (χ3v) is 6.26. The molecule has 0 aromatic heterocycles. The summed E-state index contributed by atoms with van der Waals surface area (Å²) in [7, 11) is 0. The molecule has 0 saturated heterocycles. The van der Waals surface area contributed by atoms with Crippen molar-refractivity contribution in [2.45, 2.75) is 5.92 Å². The molecule has 0 saturated carbocycles. The van der Waals surface area contributed by atoms with E-state index < -0.39 is 41.1 Å². The number of benzene rings is 3. The summed E-state index contributed by atoms with van der Waals surface area (Å²) in [5.41, 5.74) is 2.03. The Morgan fingerprint density at radius 3 is 1.53 bits per heavy atom. The van der Waals surface area contributed by atoms with Gasteiger partial charge in [-0.3, -0.25) is 19.2 Å². The summed E-state index contributed by atoms with van der Waals surface area (Å²) in [4.78, 5) is 53.3. The molecule has 2 heterocycles. The zero-order chi connectivity index (χ0) is 22.4. The van der Waals surface area contributed by atoms with Crippen molar-refractivity contribution in [3.8, 4) is 0 Å². The Hall–Kier alpha value is -3.77. The average Bonchev–Trinajstić information content (AvgIpc) is 2.78. The predicted molar refractivity (Wildman–Crippen MR) is 120 cm³/mol. The molecule has 0 spiro atoms. The van der Waals surface area contributed by atoms with Crippen LogP contribution in [0.2, 0.25) is 5.02 Å². The minimum atomic E-state index is -1.25. The molecule has 0 aliphatic carbocycles. The number of carbonyl (C=O) groups is 4. The number of rotatable bonds is 3. The SMILES string of the molecule is O=C1Nc2ccccc2C(=O)[C@H]1C(c1ccc(Cl)cc1)[C@H]1C(=O)Nc2ccccc2C1=O. The first kappa shape index (κ1) is 20.2. The van der Waals surface area contributed by atoms with Crippen LogP contribution in [0.3, 0.4) is 0 Å². The van der Waals surface area contributed by atoms with Crippen LogP contribution in [0.1, 0.15) is 32.2 Å². The smallest absolute Gasteiger partial charge is 0.236 e. The predicted octanol–water partition coefficient (Wildman–Crippen LogP) is 4.33. The van der Waals surface area contributed by atoms with Crippen molar-refractivity contribution in [1.29, 1.82) is 0 Å². The third kappa shape index (κ3) is 3.20. The quantitative estimate of drug-likeness (QED) is 0.588. The lowest BCUT2D eigenvalue weighted by molar-refractivity contribution is -0.122. The molecule has 0 unspecified atom stereocenters. The Balaban J connectivity index is 1.67. The van der Waals surface area contributed by atoms with Crippen molar-refractivity contribution in [1.82, 2.24) is 0 Å². The second-order valence-electron chi connectivity index (χ2n) is 7.83. The van der Waals surface area contributed by atoms with Crippen LogP contribution in [0.25, 0.3) is 0 Å². The Morgan fingerprint density at radius 2 is 1.06 bits per heavy atom. The van der Waals surface area contributed by atoms with Gasteiger partial charge in [0.2, 0.25) is 11.8 Å². The maximum absolute atomic E-state index is 13.5. The number of carbonyl (C=O) groups excluding carboxylic acids is 4. The van der Waals surface area contributed by atoms with Crippen LogP contribution < -0.4 is 10.6 Å². The first-order chi connectivity index (χ1) is 15.5. The lowest BCUT2D eigenvalue weighted by Crippen LogP contribution is -2.47. The topological polar surface area (TPSA) is 92.3 Å². The van der Waals surface area contributed by atoms with E-state index in [1.165, 1.54) is 0 Å². The highest BCUT2D eigenvalue weighted by Crippen LogP contribution is 2.43. The summed E-state index contributed by atoms with van der Waals surface area (Å²) in [5, 5.41) is 5.98. The van der Waals surface area contributed by atoms with Crippen molar-refractivity contribution in [3.63, 3.8) is 0 Å². The molecule has 3 aromatic rings. The molecule has 32 heavy (non-hydrogen) atoms. The Morgan fingerprint density at radius 1 is 0.625 bits per heavy atom. The van der Waals surface area contributed by atoms with Crippen molar-refractivity contribution in [3.05, 3.63) is 94.5 Å². The Labute approximate surface area is 188 Å². The highest BCUT2D eigenvalue weighted by molar-refractivity contribution is 6.30. The molecule has 2 atom stereocenters. The fourth-order valence-corrected chi connectivity index (χ4v) is 4.65. The molecule has 0 bridgehead atoms. The van der Waals surface area contributed by atoms with Crippen LogP contribution in [0.4, 0.5) is 11.4 Å². The van der Waals surface area contributed by atoms with Gasteiger partial charge in [-0.05, 0) is 42.0 Å². The van der Waals surface area contributed by atoms with Crippen molar-refractivity contribution in [2.75, 3.05) is 10.6 Å². The summed E-state index contributed by atoms with van der Waals surface area (Å²) >= 11 is 6.04. The first-order valence-electron chi connectivity index (χ1n) is 10.1. The van der Waals surface area contributed by atoms with Crippen LogP contribution in [0, 0.1) is 11.8 Å². The van der Waals surface area contributed by atoms with E-state index in [-0.39, 0.29) is 0 Å². The van der Waals surface area contributed by atoms with Gasteiger partial charge in [-0.2, -0.15) is 0 Å². The van der Waals surface area contributed by atoms with Crippen LogP contribution in [-0.4, -0.2) is 23.4 Å². The molecule has 2 aliphatic rings. The summed E-state index contributed by atoms with van der Waals surface area (Å²) in [5.74, 6) is -5.46. The summed E-state index contributed by atoms with van der Waals surface area (Å²) in [6.45, 7) is 0.